The summed E-state index contributed by atoms with van der Waals surface area (Å²) in [5.74, 6) is 1.26. The third kappa shape index (κ3) is 1.66. The zero-order valence-electron chi connectivity index (χ0n) is 9.42. The number of rotatable bonds is 2. The van der Waals surface area contributed by atoms with Gasteiger partial charge >= 0.3 is 0 Å². The molecule has 1 aliphatic rings. The van der Waals surface area contributed by atoms with Gasteiger partial charge in [-0.2, -0.15) is 0 Å². The first-order chi connectivity index (χ1) is 8.75. The van der Waals surface area contributed by atoms with Crippen molar-refractivity contribution in [3.05, 3.63) is 47.7 Å². The summed E-state index contributed by atoms with van der Waals surface area (Å²) in [6.07, 6.45) is 1.55. The Morgan fingerprint density at radius 1 is 1.22 bits per heavy atom. The molecule has 0 spiro atoms. The van der Waals surface area contributed by atoms with E-state index >= 15 is 0 Å². The van der Waals surface area contributed by atoms with E-state index in [9.17, 15) is 4.79 Å². The first kappa shape index (κ1) is 10.6. The lowest BCUT2D eigenvalue weighted by molar-refractivity contribution is 0.103. The van der Waals surface area contributed by atoms with Crippen LogP contribution in [0.1, 0.15) is 15.9 Å². The van der Waals surface area contributed by atoms with E-state index in [0.29, 0.717) is 22.6 Å². The number of carbonyl (C=O) groups excluding carboxylic acids is 1. The summed E-state index contributed by atoms with van der Waals surface area (Å²) in [5.41, 5.74) is 6.57. The van der Waals surface area contributed by atoms with Crippen LogP contribution in [0.3, 0.4) is 0 Å². The number of hydrogen-bond acceptors (Lipinski definition) is 5. The average molecular weight is 242 g/mol. The molecule has 2 heterocycles. The van der Waals surface area contributed by atoms with Crippen LogP contribution in [0.4, 0.5) is 5.82 Å². The number of nitrogens with zero attached hydrogens (tertiary/aromatic N) is 1. The number of pyridine rings is 1. The summed E-state index contributed by atoms with van der Waals surface area (Å²) in [7, 11) is 0. The smallest absolute Gasteiger partial charge is 0.231 e. The van der Waals surface area contributed by atoms with E-state index in [2.05, 4.69) is 4.98 Å². The first-order valence-electron chi connectivity index (χ1n) is 5.40. The van der Waals surface area contributed by atoms with Gasteiger partial charge in [0.25, 0.3) is 0 Å². The van der Waals surface area contributed by atoms with Crippen LogP contribution in [0.25, 0.3) is 0 Å². The van der Waals surface area contributed by atoms with Gasteiger partial charge in [-0.3, -0.25) is 4.79 Å². The molecule has 90 valence electrons. The molecule has 0 saturated carbocycles. The number of aromatic nitrogens is 1. The van der Waals surface area contributed by atoms with E-state index in [1.807, 2.05) is 0 Å². The quantitative estimate of drug-likeness (QED) is 0.810. The summed E-state index contributed by atoms with van der Waals surface area (Å²) in [6.45, 7) is 0.183. The van der Waals surface area contributed by atoms with Crippen molar-refractivity contribution in [2.45, 2.75) is 0 Å². The topological polar surface area (TPSA) is 74.4 Å². The van der Waals surface area contributed by atoms with Gasteiger partial charge in [-0.1, -0.05) is 0 Å². The number of anilines is 1. The molecule has 0 atom stereocenters. The summed E-state index contributed by atoms with van der Waals surface area (Å²) >= 11 is 0. The number of fused-ring (bicyclic) bond motifs is 1. The maximum atomic E-state index is 12.3. The van der Waals surface area contributed by atoms with Crippen molar-refractivity contribution in [3.8, 4) is 11.5 Å². The Morgan fingerprint density at radius 2 is 2.06 bits per heavy atom. The number of benzene rings is 1. The van der Waals surface area contributed by atoms with Gasteiger partial charge in [0, 0.05) is 11.8 Å². The molecule has 0 fully saturated rings. The van der Waals surface area contributed by atoms with Crippen LogP contribution in [-0.4, -0.2) is 17.6 Å². The van der Waals surface area contributed by atoms with Crippen molar-refractivity contribution < 1.29 is 14.3 Å². The Hall–Kier alpha value is -2.56. The number of hydrogen-bond donors (Lipinski definition) is 1. The third-order valence-electron chi connectivity index (χ3n) is 2.72. The number of carbonyl (C=O) groups is 1. The van der Waals surface area contributed by atoms with E-state index < -0.39 is 0 Å². The summed E-state index contributed by atoms with van der Waals surface area (Å²) in [6, 6.07) is 8.37. The molecule has 0 amide bonds. The maximum Gasteiger partial charge on any atom is 0.231 e. The second-order valence-electron chi connectivity index (χ2n) is 3.83. The predicted molar refractivity (Wildman–Crippen MR) is 64.6 cm³/mol. The minimum Gasteiger partial charge on any atom is -0.454 e. The van der Waals surface area contributed by atoms with Crippen molar-refractivity contribution in [1.29, 1.82) is 0 Å². The largest absolute Gasteiger partial charge is 0.454 e. The van der Waals surface area contributed by atoms with Gasteiger partial charge in [0.2, 0.25) is 6.79 Å². The molecule has 3 rings (SSSR count). The van der Waals surface area contributed by atoms with Gasteiger partial charge in [-0.05, 0) is 30.3 Å². The highest BCUT2D eigenvalue weighted by molar-refractivity contribution is 6.11. The molecule has 2 N–H and O–H groups in total. The zero-order valence-corrected chi connectivity index (χ0v) is 9.42. The Balaban J connectivity index is 2.01. The Morgan fingerprint density at radius 3 is 2.89 bits per heavy atom. The highest BCUT2D eigenvalue weighted by Gasteiger charge is 2.18. The lowest BCUT2D eigenvalue weighted by Crippen LogP contribution is -2.06. The molecular formula is C13H10N2O3. The van der Waals surface area contributed by atoms with Crippen LogP contribution in [0.2, 0.25) is 0 Å². The molecule has 1 aliphatic heterocycles. The Bertz CT molecular complexity index is 625. The molecule has 1 aromatic heterocycles. The highest BCUT2D eigenvalue weighted by atomic mass is 16.7. The third-order valence-corrected chi connectivity index (χ3v) is 2.72. The van der Waals surface area contributed by atoms with Crippen molar-refractivity contribution in [3.63, 3.8) is 0 Å². The number of ketones is 1. The van der Waals surface area contributed by atoms with Gasteiger partial charge in [0.05, 0.1) is 5.56 Å². The van der Waals surface area contributed by atoms with E-state index in [4.69, 9.17) is 15.2 Å². The van der Waals surface area contributed by atoms with E-state index in [0.717, 1.165) is 0 Å². The fraction of sp³-hybridized carbons (Fsp3) is 0.0769. The molecule has 0 aliphatic carbocycles. The number of nitrogen functional groups attached to an aromatic ring is 1. The summed E-state index contributed by atoms with van der Waals surface area (Å²) < 4.78 is 10.4. The molecule has 5 nitrogen and oxygen atoms in total. The van der Waals surface area contributed by atoms with E-state index in [1.165, 1.54) is 0 Å². The molecule has 1 aromatic carbocycles. The van der Waals surface area contributed by atoms with Crippen LogP contribution in [0.15, 0.2) is 36.5 Å². The molecular weight excluding hydrogens is 232 g/mol. The first-order valence-corrected chi connectivity index (χ1v) is 5.40. The molecule has 5 heteroatoms. The summed E-state index contributed by atoms with van der Waals surface area (Å²) in [5, 5.41) is 0. The maximum absolute atomic E-state index is 12.3. The second-order valence-corrected chi connectivity index (χ2v) is 3.83. The van der Waals surface area contributed by atoms with Crippen molar-refractivity contribution in [1.82, 2.24) is 4.98 Å². The van der Waals surface area contributed by atoms with Gasteiger partial charge < -0.3 is 15.2 Å². The second kappa shape index (κ2) is 4.03. The average Bonchev–Trinajstić information content (AvgIpc) is 2.85. The summed E-state index contributed by atoms with van der Waals surface area (Å²) in [4.78, 5) is 16.1. The standard InChI is InChI=1S/C13H10N2O3/c14-13-9(2-1-5-15-13)12(16)8-3-4-10-11(6-8)18-7-17-10/h1-6H,7H2,(H2,14,15). The lowest BCUT2D eigenvalue weighted by Gasteiger charge is -2.04. The molecule has 0 bridgehead atoms. The van der Waals surface area contributed by atoms with E-state index in [-0.39, 0.29) is 18.4 Å². The van der Waals surface area contributed by atoms with E-state index in [1.54, 1.807) is 36.5 Å². The van der Waals surface area contributed by atoms with Crippen molar-refractivity contribution in [2.24, 2.45) is 0 Å². The fourth-order valence-electron chi connectivity index (χ4n) is 1.80. The zero-order chi connectivity index (χ0) is 12.5. The predicted octanol–water partition coefficient (Wildman–Crippen LogP) is 1.62. The monoisotopic (exact) mass is 242 g/mol. The normalized spacial score (nSPS) is 12.4. The van der Waals surface area contributed by atoms with Crippen LogP contribution >= 0.6 is 0 Å². The molecule has 0 radical (unpaired) electrons. The highest BCUT2D eigenvalue weighted by Crippen LogP contribution is 2.33. The van der Waals surface area contributed by atoms with Crippen LogP contribution in [0.5, 0.6) is 11.5 Å². The van der Waals surface area contributed by atoms with Gasteiger partial charge in [0.15, 0.2) is 17.3 Å². The van der Waals surface area contributed by atoms with Crippen molar-refractivity contribution >= 4 is 11.6 Å². The van der Waals surface area contributed by atoms with Crippen LogP contribution < -0.4 is 15.2 Å². The SMILES string of the molecule is Nc1ncccc1C(=O)c1ccc2c(c1)OCO2. The van der Waals surface area contributed by atoms with Gasteiger partial charge in [-0.15, -0.1) is 0 Å². The minimum atomic E-state index is -0.182. The fourth-order valence-corrected chi connectivity index (χ4v) is 1.80. The molecule has 0 saturated heterocycles. The van der Waals surface area contributed by atoms with Crippen molar-refractivity contribution in [2.75, 3.05) is 12.5 Å². The van der Waals surface area contributed by atoms with Crippen LogP contribution in [0, 0.1) is 0 Å². The Labute approximate surface area is 103 Å². The minimum absolute atomic E-state index is 0.182. The Kier molecular flexibility index (Phi) is 2.37. The number of ether oxygens (including phenoxy) is 2. The van der Waals surface area contributed by atoms with Crippen LogP contribution in [-0.2, 0) is 0 Å². The number of nitrogens with two attached hydrogens (primary N) is 1. The molecule has 2 aromatic rings. The lowest BCUT2D eigenvalue weighted by atomic mass is 10.0. The molecule has 18 heavy (non-hydrogen) atoms. The van der Waals surface area contributed by atoms with Gasteiger partial charge in [-0.25, -0.2) is 4.98 Å². The van der Waals surface area contributed by atoms with Gasteiger partial charge in [0.1, 0.15) is 5.82 Å². The molecule has 0 unspecified atom stereocenters.